The zero-order chi connectivity index (χ0) is 18.8. The lowest BCUT2D eigenvalue weighted by Crippen LogP contribution is -2.39. The molecule has 138 valence electrons. The molecule has 4 rings (SSSR count). The molecule has 5 nitrogen and oxygen atoms in total. The first kappa shape index (κ1) is 18.2. The average molecular weight is 447 g/mol. The zero-order valence-corrected chi connectivity index (χ0v) is 16.8. The number of hydrogen-bond acceptors (Lipinski definition) is 4. The Bertz CT molecular complexity index is 958. The third-order valence-corrected chi connectivity index (χ3v) is 5.44. The van der Waals surface area contributed by atoms with Gasteiger partial charge >= 0.3 is 0 Å². The fourth-order valence-corrected chi connectivity index (χ4v) is 3.74. The Kier molecular flexibility index (Phi) is 5.27. The van der Waals surface area contributed by atoms with Gasteiger partial charge in [-0.25, -0.2) is 0 Å². The third-order valence-electron chi connectivity index (χ3n) is 4.67. The summed E-state index contributed by atoms with van der Waals surface area (Å²) in [5, 5.41) is 4.71. The van der Waals surface area contributed by atoms with Crippen LogP contribution >= 0.6 is 27.5 Å². The summed E-state index contributed by atoms with van der Waals surface area (Å²) in [4.78, 5) is 19.2. The number of carbonyl (C=O) groups is 1. The van der Waals surface area contributed by atoms with Gasteiger partial charge in [-0.15, -0.1) is 0 Å². The van der Waals surface area contributed by atoms with Crippen LogP contribution in [0.15, 0.2) is 57.5 Å². The van der Waals surface area contributed by atoms with E-state index in [0.29, 0.717) is 28.8 Å². The van der Waals surface area contributed by atoms with E-state index in [4.69, 9.17) is 16.1 Å². The maximum atomic E-state index is 12.8. The van der Waals surface area contributed by atoms with Crippen molar-refractivity contribution >= 4 is 33.4 Å². The van der Waals surface area contributed by atoms with E-state index >= 15 is 0 Å². The second-order valence-corrected chi connectivity index (χ2v) is 7.92. The van der Waals surface area contributed by atoms with E-state index in [-0.39, 0.29) is 11.8 Å². The fourth-order valence-electron chi connectivity index (χ4n) is 3.28. The van der Waals surface area contributed by atoms with Crippen molar-refractivity contribution in [2.24, 2.45) is 0 Å². The zero-order valence-electron chi connectivity index (χ0n) is 14.4. The van der Waals surface area contributed by atoms with Crippen LogP contribution in [0, 0.1) is 0 Å². The molecule has 1 saturated heterocycles. The molecule has 0 N–H and O–H groups in total. The van der Waals surface area contributed by atoms with Crippen LogP contribution < -0.4 is 0 Å². The predicted octanol–water partition coefficient (Wildman–Crippen LogP) is 5.17. The summed E-state index contributed by atoms with van der Waals surface area (Å²) >= 11 is 9.43. The molecular weight excluding hydrogens is 430 g/mol. The van der Waals surface area contributed by atoms with E-state index in [1.54, 1.807) is 12.1 Å². The molecule has 1 aliphatic rings. The highest BCUT2D eigenvalue weighted by Crippen LogP contribution is 2.29. The lowest BCUT2D eigenvalue weighted by Gasteiger charge is -2.31. The van der Waals surface area contributed by atoms with E-state index in [0.717, 1.165) is 29.4 Å². The Labute approximate surface area is 170 Å². The number of rotatable bonds is 3. The van der Waals surface area contributed by atoms with Crippen molar-refractivity contribution in [2.45, 2.75) is 18.8 Å². The number of carbonyl (C=O) groups excluding carboxylic acids is 1. The first-order chi connectivity index (χ1) is 13.1. The van der Waals surface area contributed by atoms with Gasteiger partial charge in [0.05, 0.1) is 5.92 Å². The molecule has 2 heterocycles. The highest BCUT2D eigenvalue weighted by Gasteiger charge is 2.29. The first-order valence-electron chi connectivity index (χ1n) is 8.74. The van der Waals surface area contributed by atoms with Gasteiger partial charge in [0, 0.05) is 33.7 Å². The number of nitrogens with zero attached hydrogens (tertiary/aromatic N) is 3. The third kappa shape index (κ3) is 4.06. The van der Waals surface area contributed by atoms with Crippen LogP contribution in [0.25, 0.3) is 11.4 Å². The normalized spacial score (nSPS) is 17.1. The Morgan fingerprint density at radius 3 is 2.81 bits per heavy atom. The van der Waals surface area contributed by atoms with Gasteiger partial charge in [-0.3, -0.25) is 4.79 Å². The monoisotopic (exact) mass is 445 g/mol. The van der Waals surface area contributed by atoms with Crippen LogP contribution in [0.1, 0.15) is 35.0 Å². The number of hydrogen-bond donors (Lipinski definition) is 0. The van der Waals surface area contributed by atoms with Crippen molar-refractivity contribution in [3.05, 3.63) is 69.5 Å². The van der Waals surface area contributed by atoms with Gasteiger partial charge < -0.3 is 9.42 Å². The van der Waals surface area contributed by atoms with Crippen LogP contribution in [-0.2, 0) is 0 Å². The van der Waals surface area contributed by atoms with Crippen LogP contribution in [0.4, 0.5) is 0 Å². The molecule has 27 heavy (non-hydrogen) atoms. The predicted molar refractivity (Wildman–Crippen MR) is 107 cm³/mol. The Morgan fingerprint density at radius 1 is 1.22 bits per heavy atom. The highest BCUT2D eigenvalue weighted by atomic mass is 79.9. The molecule has 0 saturated carbocycles. The number of aromatic nitrogens is 2. The maximum Gasteiger partial charge on any atom is 0.253 e. The molecule has 2 aromatic carbocycles. The van der Waals surface area contributed by atoms with E-state index < -0.39 is 0 Å². The van der Waals surface area contributed by atoms with Gasteiger partial charge in [-0.2, -0.15) is 4.98 Å². The second kappa shape index (κ2) is 7.82. The summed E-state index contributed by atoms with van der Waals surface area (Å²) in [6.07, 6.45) is 1.82. The smallest absolute Gasteiger partial charge is 0.253 e. The van der Waals surface area contributed by atoms with Gasteiger partial charge in [0.1, 0.15) is 0 Å². The molecule has 7 heteroatoms. The van der Waals surface area contributed by atoms with Gasteiger partial charge in [-0.1, -0.05) is 44.8 Å². The molecule has 1 aliphatic heterocycles. The quantitative estimate of drug-likeness (QED) is 0.557. The minimum absolute atomic E-state index is 0.0294. The van der Waals surface area contributed by atoms with E-state index in [2.05, 4.69) is 26.1 Å². The minimum Gasteiger partial charge on any atom is -0.339 e. The van der Waals surface area contributed by atoms with Crippen molar-refractivity contribution in [2.75, 3.05) is 13.1 Å². The summed E-state index contributed by atoms with van der Waals surface area (Å²) in [5.41, 5.74) is 1.50. The van der Waals surface area contributed by atoms with Crippen molar-refractivity contribution < 1.29 is 9.32 Å². The number of piperidine rings is 1. The summed E-state index contributed by atoms with van der Waals surface area (Å²) < 4.78 is 6.45. The van der Waals surface area contributed by atoms with Gasteiger partial charge in [0.2, 0.25) is 11.7 Å². The van der Waals surface area contributed by atoms with Crippen molar-refractivity contribution in [3.63, 3.8) is 0 Å². The van der Waals surface area contributed by atoms with Crippen molar-refractivity contribution in [1.82, 2.24) is 15.0 Å². The van der Waals surface area contributed by atoms with Crippen LogP contribution in [0.5, 0.6) is 0 Å². The topological polar surface area (TPSA) is 59.2 Å². The SMILES string of the molecule is O=C(c1ccc(Br)cc1)N1CCCC(c2nc(-c3cccc(Cl)c3)no2)C1. The molecule has 1 amide bonds. The van der Waals surface area contributed by atoms with E-state index in [9.17, 15) is 4.79 Å². The minimum atomic E-state index is 0.0294. The maximum absolute atomic E-state index is 12.8. The fraction of sp³-hybridized carbons (Fsp3) is 0.250. The summed E-state index contributed by atoms with van der Waals surface area (Å²) in [6.45, 7) is 1.31. The number of halogens is 2. The lowest BCUT2D eigenvalue weighted by atomic mass is 9.97. The largest absolute Gasteiger partial charge is 0.339 e. The standard InChI is InChI=1S/C20H17BrClN3O2/c21-16-8-6-13(7-9-16)20(26)25-10-2-4-15(12-25)19-23-18(24-27-19)14-3-1-5-17(22)11-14/h1,3,5-9,11,15H,2,4,10,12H2. The molecular formula is C20H17BrClN3O2. The van der Waals surface area contributed by atoms with Crippen LogP contribution in [-0.4, -0.2) is 34.0 Å². The molecule has 1 fully saturated rings. The molecule has 0 aliphatic carbocycles. The molecule has 0 spiro atoms. The van der Waals surface area contributed by atoms with Crippen molar-refractivity contribution in [1.29, 1.82) is 0 Å². The molecule has 0 bridgehead atoms. The van der Waals surface area contributed by atoms with Gasteiger partial charge in [0.25, 0.3) is 5.91 Å². The first-order valence-corrected chi connectivity index (χ1v) is 9.91. The molecule has 0 radical (unpaired) electrons. The second-order valence-electron chi connectivity index (χ2n) is 6.56. The van der Waals surface area contributed by atoms with E-state index in [1.165, 1.54) is 0 Å². The Hall–Kier alpha value is -2.18. The lowest BCUT2D eigenvalue weighted by molar-refractivity contribution is 0.0695. The van der Waals surface area contributed by atoms with Gasteiger partial charge in [0.15, 0.2) is 0 Å². The number of benzene rings is 2. The molecule has 3 aromatic rings. The van der Waals surface area contributed by atoms with Crippen LogP contribution in [0.3, 0.4) is 0 Å². The van der Waals surface area contributed by atoms with Crippen LogP contribution in [0.2, 0.25) is 5.02 Å². The Balaban J connectivity index is 1.50. The molecule has 1 unspecified atom stereocenters. The average Bonchev–Trinajstić information content (AvgIpc) is 3.18. The molecule has 1 aromatic heterocycles. The summed E-state index contributed by atoms with van der Waals surface area (Å²) in [5.74, 6) is 1.16. The molecule has 1 atom stereocenters. The number of likely N-dealkylation sites (tertiary alicyclic amines) is 1. The summed E-state index contributed by atoms with van der Waals surface area (Å²) in [6, 6.07) is 14.8. The highest BCUT2D eigenvalue weighted by molar-refractivity contribution is 9.10. The van der Waals surface area contributed by atoms with E-state index in [1.807, 2.05) is 41.3 Å². The number of amides is 1. The van der Waals surface area contributed by atoms with Crippen molar-refractivity contribution in [3.8, 4) is 11.4 Å². The summed E-state index contributed by atoms with van der Waals surface area (Å²) in [7, 11) is 0. The Morgan fingerprint density at radius 2 is 2.04 bits per heavy atom. The van der Waals surface area contributed by atoms with Gasteiger partial charge in [-0.05, 0) is 49.2 Å².